The molecule has 4 nitrogen and oxygen atoms in total. The lowest BCUT2D eigenvalue weighted by Gasteiger charge is -2.08. The van der Waals surface area contributed by atoms with Crippen molar-refractivity contribution in [3.05, 3.63) is 52.4 Å². The minimum Gasteiger partial charge on any atom is -0.478 e. The monoisotopic (exact) mass is 310 g/mol. The molecule has 0 aliphatic carbocycles. The maximum absolute atomic E-state index is 13.0. The summed E-state index contributed by atoms with van der Waals surface area (Å²) >= 11 is 3.15. The third-order valence-electron chi connectivity index (χ3n) is 2.17. The predicted octanol–water partition coefficient (Wildman–Crippen LogP) is 3.43. The number of carboxylic acid groups (broad SMARTS) is 1. The largest absolute Gasteiger partial charge is 0.478 e. The summed E-state index contributed by atoms with van der Waals surface area (Å²) in [4.78, 5) is 15.0. The van der Waals surface area contributed by atoms with Gasteiger partial charge in [0, 0.05) is 16.4 Å². The molecule has 0 fully saturated rings. The molecule has 0 aliphatic rings. The number of hydrogen-bond donors (Lipinski definition) is 2. The highest BCUT2D eigenvalue weighted by molar-refractivity contribution is 9.10. The summed E-state index contributed by atoms with van der Waals surface area (Å²) in [7, 11) is 0. The summed E-state index contributed by atoms with van der Waals surface area (Å²) < 4.78 is 13.6. The van der Waals surface area contributed by atoms with E-state index in [0.717, 1.165) is 0 Å². The van der Waals surface area contributed by atoms with Crippen LogP contribution in [0.15, 0.2) is 41.0 Å². The molecule has 0 aliphatic heterocycles. The lowest BCUT2D eigenvalue weighted by molar-refractivity contribution is 0.0697. The Morgan fingerprint density at radius 1 is 1.39 bits per heavy atom. The minimum absolute atomic E-state index is 0.00800. The molecule has 1 aromatic heterocycles. The van der Waals surface area contributed by atoms with Crippen molar-refractivity contribution in [2.24, 2.45) is 0 Å². The third kappa shape index (κ3) is 2.84. The molecule has 0 saturated heterocycles. The van der Waals surface area contributed by atoms with E-state index in [0.29, 0.717) is 10.2 Å². The van der Waals surface area contributed by atoms with Crippen LogP contribution in [0.1, 0.15) is 10.4 Å². The number of pyridine rings is 1. The maximum atomic E-state index is 13.0. The molecule has 0 saturated carbocycles. The fourth-order valence-corrected chi connectivity index (χ4v) is 1.74. The molecular weight excluding hydrogens is 303 g/mol. The van der Waals surface area contributed by atoms with Gasteiger partial charge in [0.2, 0.25) is 0 Å². The van der Waals surface area contributed by atoms with Gasteiger partial charge in [0.1, 0.15) is 17.2 Å². The summed E-state index contributed by atoms with van der Waals surface area (Å²) in [5, 5.41) is 11.8. The summed E-state index contributed by atoms with van der Waals surface area (Å²) in [6.45, 7) is 0. The number of aromatic carboxylic acids is 1. The summed E-state index contributed by atoms with van der Waals surface area (Å²) in [5.41, 5.74) is 0.445. The van der Waals surface area contributed by atoms with Gasteiger partial charge in [-0.1, -0.05) is 6.07 Å². The molecule has 18 heavy (non-hydrogen) atoms. The zero-order valence-corrected chi connectivity index (χ0v) is 10.6. The Morgan fingerprint density at radius 3 is 2.83 bits per heavy atom. The van der Waals surface area contributed by atoms with Gasteiger partial charge in [-0.2, -0.15) is 0 Å². The first-order chi connectivity index (χ1) is 8.56. The SMILES string of the molecule is O=C(O)c1cc(Br)cnc1Nc1cccc(F)c1. The molecule has 6 heteroatoms. The van der Waals surface area contributed by atoms with Crippen LogP contribution in [0, 0.1) is 5.82 Å². The van der Waals surface area contributed by atoms with Gasteiger partial charge >= 0.3 is 5.97 Å². The van der Waals surface area contributed by atoms with Gasteiger partial charge in [0.15, 0.2) is 0 Å². The lowest BCUT2D eigenvalue weighted by atomic mass is 10.2. The molecule has 1 aromatic carbocycles. The standard InChI is InChI=1S/C12H8BrFN2O2/c13-7-4-10(12(17)18)11(15-6-7)16-9-3-1-2-8(14)5-9/h1-6H,(H,15,16)(H,17,18). The van der Waals surface area contributed by atoms with Gasteiger partial charge < -0.3 is 10.4 Å². The van der Waals surface area contributed by atoms with Gasteiger partial charge in [0.25, 0.3) is 0 Å². The van der Waals surface area contributed by atoms with E-state index in [1.807, 2.05) is 0 Å². The molecule has 2 aromatic rings. The van der Waals surface area contributed by atoms with Crippen molar-refractivity contribution < 1.29 is 14.3 Å². The Morgan fingerprint density at radius 2 is 2.17 bits per heavy atom. The van der Waals surface area contributed by atoms with Crippen molar-refractivity contribution in [1.29, 1.82) is 0 Å². The van der Waals surface area contributed by atoms with Crippen LogP contribution in [-0.4, -0.2) is 16.1 Å². The summed E-state index contributed by atoms with van der Waals surface area (Å²) in [6.07, 6.45) is 1.47. The van der Waals surface area contributed by atoms with Crippen LogP contribution in [0.3, 0.4) is 0 Å². The Labute approximate surface area is 111 Å². The van der Waals surface area contributed by atoms with Crippen molar-refractivity contribution in [2.75, 3.05) is 5.32 Å². The number of rotatable bonds is 3. The molecule has 0 bridgehead atoms. The van der Waals surface area contributed by atoms with Crippen LogP contribution in [0.25, 0.3) is 0 Å². The van der Waals surface area contributed by atoms with Crippen molar-refractivity contribution >= 4 is 33.4 Å². The number of carboxylic acids is 1. The Bertz CT molecular complexity index is 604. The number of halogens is 2. The van der Waals surface area contributed by atoms with E-state index in [4.69, 9.17) is 5.11 Å². The van der Waals surface area contributed by atoms with Crippen LogP contribution in [-0.2, 0) is 0 Å². The second-order valence-electron chi connectivity index (χ2n) is 3.49. The zero-order chi connectivity index (χ0) is 13.1. The van der Waals surface area contributed by atoms with E-state index in [1.54, 1.807) is 6.07 Å². The highest BCUT2D eigenvalue weighted by Gasteiger charge is 2.12. The first-order valence-electron chi connectivity index (χ1n) is 4.97. The van der Waals surface area contributed by atoms with Crippen LogP contribution < -0.4 is 5.32 Å². The van der Waals surface area contributed by atoms with Gasteiger partial charge in [-0.3, -0.25) is 0 Å². The van der Waals surface area contributed by atoms with Gasteiger partial charge in [-0.05, 0) is 40.2 Å². The number of nitrogens with zero attached hydrogens (tertiary/aromatic N) is 1. The van der Waals surface area contributed by atoms with Crippen molar-refractivity contribution in [3.8, 4) is 0 Å². The number of aromatic nitrogens is 1. The molecule has 0 spiro atoms. The summed E-state index contributed by atoms with van der Waals surface area (Å²) in [5.74, 6) is -1.35. The molecule has 1 heterocycles. The van der Waals surface area contributed by atoms with Gasteiger partial charge in [0.05, 0.1) is 0 Å². The average Bonchev–Trinajstić information content (AvgIpc) is 2.31. The minimum atomic E-state index is -1.11. The van der Waals surface area contributed by atoms with Crippen LogP contribution in [0.4, 0.5) is 15.9 Å². The first kappa shape index (κ1) is 12.5. The predicted molar refractivity (Wildman–Crippen MR) is 68.6 cm³/mol. The van der Waals surface area contributed by atoms with Gasteiger partial charge in [-0.15, -0.1) is 0 Å². The normalized spacial score (nSPS) is 10.1. The van der Waals surface area contributed by atoms with E-state index >= 15 is 0 Å². The van der Waals surface area contributed by atoms with Crippen LogP contribution in [0.2, 0.25) is 0 Å². The van der Waals surface area contributed by atoms with Crippen molar-refractivity contribution in [1.82, 2.24) is 4.98 Å². The van der Waals surface area contributed by atoms with Crippen LogP contribution >= 0.6 is 15.9 Å². The molecule has 0 radical (unpaired) electrons. The smallest absolute Gasteiger partial charge is 0.339 e. The highest BCUT2D eigenvalue weighted by atomic mass is 79.9. The first-order valence-corrected chi connectivity index (χ1v) is 5.77. The Hall–Kier alpha value is -1.95. The Kier molecular flexibility index (Phi) is 3.57. The average molecular weight is 311 g/mol. The second-order valence-corrected chi connectivity index (χ2v) is 4.41. The molecular formula is C12H8BrFN2O2. The maximum Gasteiger partial charge on any atom is 0.339 e. The number of hydrogen-bond acceptors (Lipinski definition) is 3. The fourth-order valence-electron chi connectivity index (χ4n) is 1.40. The van der Waals surface area contributed by atoms with Gasteiger partial charge in [-0.25, -0.2) is 14.2 Å². The molecule has 0 atom stereocenters. The topological polar surface area (TPSA) is 62.2 Å². The molecule has 0 unspecified atom stereocenters. The van der Waals surface area contributed by atoms with E-state index in [2.05, 4.69) is 26.2 Å². The van der Waals surface area contributed by atoms with Crippen molar-refractivity contribution in [3.63, 3.8) is 0 Å². The summed E-state index contributed by atoms with van der Waals surface area (Å²) in [6, 6.07) is 7.14. The highest BCUT2D eigenvalue weighted by Crippen LogP contribution is 2.22. The third-order valence-corrected chi connectivity index (χ3v) is 2.61. The fraction of sp³-hybridized carbons (Fsp3) is 0. The molecule has 92 valence electrons. The number of benzene rings is 1. The van der Waals surface area contributed by atoms with E-state index < -0.39 is 11.8 Å². The number of carbonyl (C=O) groups is 1. The number of anilines is 2. The number of nitrogens with one attached hydrogen (secondary N) is 1. The van der Waals surface area contributed by atoms with Crippen LogP contribution in [0.5, 0.6) is 0 Å². The molecule has 2 N–H and O–H groups in total. The van der Waals surface area contributed by atoms with E-state index in [9.17, 15) is 9.18 Å². The quantitative estimate of drug-likeness (QED) is 0.911. The molecule has 2 rings (SSSR count). The molecule has 0 amide bonds. The van der Waals surface area contributed by atoms with E-state index in [-0.39, 0.29) is 11.4 Å². The Balaban J connectivity index is 2.37. The zero-order valence-electron chi connectivity index (χ0n) is 9.02. The second kappa shape index (κ2) is 5.14. The van der Waals surface area contributed by atoms with E-state index in [1.165, 1.54) is 30.5 Å². The lowest BCUT2D eigenvalue weighted by Crippen LogP contribution is -2.05. The van der Waals surface area contributed by atoms with Crippen molar-refractivity contribution in [2.45, 2.75) is 0 Å².